The molecule has 34 heavy (non-hydrogen) atoms. The number of alkyl halides is 1. The molecule has 0 aliphatic carbocycles. The van der Waals surface area contributed by atoms with Gasteiger partial charge in [-0.15, -0.1) is 0 Å². The van der Waals surface area contributed by atoms with Gasteiger partial charge in [-0.25, -0.2) is 27.8 Å². The Kier molecular flexibility index (Phi) is 6.29. The first-order chi connectivity index (χ1) is 16.2. The van der Waals surface area contributed by atoms with E-state index < -0.39 is 28.3 Å². The number of nitrogens with one attached hydrogen (secondary N) is 1. The maximum atomic E-state index is 15.3. The number of nitrogens with two attached hydrogens (primary N) is 2. The van der Waals surface area contributed by atoms with E-state index in [1.54, 1.807) is 30.5 Å². The Balaban J connectivity index is 1.77. The lowest BCUT2D eigenvalue weighted by atomic mass is 9.99. The van der Waals surface area contributed by atoms with Crippen molar-refractivity contribution in [2.24, 2.45) is 0 Å². The molecule has 2 aromatic heterocycles. The summed E-state index contributed by atoms with van der Waals surface area (Å²) in [5.74, 6) is -0.252. The number of hydrogen-bond acceptors (Lipinski definition) is 7. The highest BCUT2D eigenvalue weighted by Gasteiger charge is 2.18. The monoisotopic (exact) mass is 484 g/mol. The van der Waals surface area contributed by atoms with Gasteiger partial charge in [0, 0.05) is 22.7 Å². The zero-order valence-electron chi connectivity index (χ0n) is 18.2. The van der Waals surface area contributed by atoms with E-state index in [0.29, 0.717) is 33.7 Å². The van der Waals surface area contributed by atoms with E-state index in [0.717, 1.165) is 5.56 Å². The van der Waals surface area contributed by atoms with Gasteiger partial charge in [-0.05, 0) is 54.8 Å². The van der Waals surface area contributed by atoms with E-state index in [4.69, 9.17) is 11.5 Å². The summed E-state index contributed by atoms with van der Waals surface area (Å²) in [6.45, 7) is 1.03. The molecule has 0 amide bonds. The van der Waals surface area contributed by atoms with Gasteiger partial charge in [0.25, 0.3) is 0 Å². The third-order valence-corrected chi connectivity index (χ3v) is 6.54. The van der Waals surface area contributed by atoms with E-state index in [1.807, 2.05) is 6.92 Å². The zero-order valence-corrected chi connectivity index (χ0v) is 19.0. The van der Waals surface area contributed by atoms with Crippen LogP contribution in [0.25, 0.3) is 33.4 Å². The molecule has 2 aromatic carbocycles. The molecule has 0 aliphatic heterocycles. The fraction of sp³-hybridized carbons (Fsp3) is 0.174. The normalized spacial score (nSPS) is 11.6. The minimum absolute atomic E-state index is 0.168. The molecule has 8 nitrogen and oxygen atoms in total. The van der Waals surface area contributed by atoms with E-state index in [1.165, 1.54) is 18.2 Å². The number of rotatable bonds is 7. The Labute approximate surface area is 195 Å². The van der Waals surface area contributed by atoms with Crippen LogP contribution in [0.1, 0.15) is 12.0 Å². The molecular formula is C23H22F2N6O2S. The minimum atomic E-state index is -3.88. The summed E-state index contributed by atoms with van der Waals surface area (Å²) in [6, 6.07) is 11.1. The van der Waals surface area contributed by atoms with Gasteiger partial charge < -0.3 is 11.5 Å². The molecule has 5 N–H and O–H groups in total. The number of pyridine rings is 1. The van der Waals surface area contributed by atoms with Crippen molar-refractivity contribution in [1.82, 2.24) is 15.0 Å². The highest BCUT2D eigenvalue weighted by Crippen LogP contribution is 2.34. The second kappa shape index (κ2) is 9.18. The molecule has 0 atom stereocenters. The maximum Gasteiger partial charge on any atom is 0.232 e. The van der Waals surface area contributed by atoms with Crippen LogP contribution in [0.4, 0.5) is 26.1 Å². The van der Waals surface area contributed by atoms with Crippen LogP contribution in [0.3, 0.4) is 0 Å². The topological polar surface area (TPSA) is 137 Å². The van der Waals surface area contributed by atoms with E-state index in [2.05, 4.69) is 19.7 Å². The van der Waals surface area contributed by atoms with E-state index in [-0.39, 0.29) is 23.5 Å². The first-order valence-electron chi connectivity index (χ1n) is 10.3. The lowest BCUT2D eigenvalue weighted by Gasteiger charge is -2.13. The number of nitrogens with zero attached hydrogens (tertiary/aromatic N) is 3. The molecule has 2 heterocycles. The van der Waals surface area contributed by atoms with Gasteiger partial charge in [0.15, 0.2) is 11.6 Å². The highest BCUT2D eigenvalue weighted by atomic mass is 32.2. The molecule has 11 heteroatoms. The Morgan fingerprint density at radius 1 is 1.06 bits per heavy atom. The first kappa shape index (κ1) is 23.3. The molecule has 0 fully saturated rings. The van der Waals surface area contributed by atoms with Crippen molar-refractivity contribution in [2.75, 3.05) is 28.6 Å². The summed E-state index contributed by atoms with van der Waals surface area (Å²) in [7, 11) is -3.88. The van der Waals surface area contributed by atoms with Crippen molar-refractivity contribution >= 4 is 38.2 Å². The largest absolute Gasteiger partial charge is 0.384 e. The predicted molar refractivity (Wildman–Crippen MR) is 130 cm³/mol. The van der Waals surface area contributed by atoms with E-state index >= 15 is 4.39 Å². The Hall–Kier alpha value is -3.86. The number of aromatic nitrogens is 3. The fourth-order valence-corrected chi connectivity index (χ4v) is 4.63. The quantitative estimate of drug-likeness (QED) is 0.360. The number of fused-ring (bicyclic) bond motifs is 1. The third-order valence-electron chi connectivity index (χ3n) is 5.19. The lowest BCUT2D eigenvalue weighted by molar-refractivity contribution is 0.484. The van der Waals surface area contributed by atoms with Gasteiger partial charge in [0.05, 0.1) is 23.6 Å². The Morgan fingerprint density at radius 3 is 2.56 bits per heavy atom. The van der Waals surface area contributed by atoms with Crippen molar-refractivity contribution < 1.29 is 17.2 Å². The average molecular weight is 485 g/mol. The summed E-state index contributed by atoms with van der Waals surface area (Å²) >= 11 is 0. The fourth-order valence-electron chi connectivity index (χ4n) is 3.55. The van der Waals surface area contributed by atoms with Crippen molar-refractivity contribution in [3.8, 4) is 22.5 Å². The molecule has 0 radical (unpaired) electrons. The molecule has 176 valence electrons. The van der Waals surface area contributed by atoms with Crippen molar-refractivity contribution in [3.05, 3.63) is 60.0 Å². The smallest absolute Gasteiger partial charge is 0.232 e. The highest BCUT2D eigenvalue weighted by molar-refractivity contribution is 7.92. The van der Waals surface area contributed by atoms with Gasteiger partial charge in [-0.1, -0.05) is 12.1 Å². The molecule has 0 bridgehead atoms. The van der Waals surface area contributed by atoms with E-state index in [9.17, 15) is 12.8 Å². The molecule has 0 saturated heterocycles. The maximum absolute atomic E-state index is 15.3. The number of nitrogen functional groups attached to an aromatic ring is 2. The number of halogens is 2. The molecule has 0 saturated carbocycles. The van der Waals surface area contributed by atoms with Crippen LogP contribution in [-0.2, 0) is 10.0 Å². The van der Waals surface area contributed by atoms with Gasteiger partial charge in [0.2, 0.25) is 10.0 Å². The average Bonchev–Trinajstić information content (AvgIpc) is 2.80. The van der Waals surface area contributed by atoms with Gasteiger partial charge in [-0.3, -0.25) is 9.11 Å². The first-order valence-corrected chi connectivity index (χ1v) is 12.0. The number of anilines is 3. The van der Waals surface area contributed by atoms with Crippen LogP contribution in [-0.4, -0.2) is 35.8 Å². The van der Waals surface area contributed by atoms with Crippen LogP contribution in [0.15, 0.2) is 48.7 Å². The SMILES string of the molecule is Cc1cc(-c2cccc(NS(=O)(=O)CCCF)c2F)cc2c(N)nc(-c3ccc(N)nc3)nc12. The number of benzene rings is 2. The number of sulfonamides is 1. The summed E-state index contributed by atoms with van der Waals surface area (Å²) < 4.78 is 54.1. The summed E-state index contributed by atoms with van der Waals surface area (Å²) in [4.78, 5) is 13.0. The van der Waals surface area contributed by atoms with Gasteiger partial charge in [0.1, 0.15) is 11.6 Å². The van der Waals surface area contributed by atoms with Crippen molar-refractivity contribution in [1.29, 1.82) is 0 Å². The predicted octanol–water partition coefficient (Wildman–Crippen LogP) is 4.07. The zero-order chi connectivity index (χ0) is 24.5. The van der Waals surface area contributed by atoms with Crippen LogP contribution in [0.5, 0.6) is 0 Å². The van der Waals surface area contributed by atoms with Crippen LogP contribution in [0, 0.1) is 12.7 Å². The Bertz CT molecular complexity index is 1480. The number of hydrogen-bond donors (Lipinski definition) is 3. The van der Waals surface area contributed by atoms with Crippen LogP contribution >= 0.6 is 0 Å². The molecule has 0 aliphatic rings. The Morgan fingerprint density at radius 2 is 1.85 bits per heavy atom. The standard InChI is InChI=1S/C23H22F2N6O2S/c1-13-10-15(16-4-2-5-18(20(16)25)31-34(32,33)9-3-8-24)11-17-21(13)29-23(30-22(17)27)14-6-7-19(26)28-12-14/h2,4-7,10-12,31H,3,8-9H2,1H3,(H2,26,28)(H2,27,29,30). The summed E-state index contributed by atoms with van der Waals surface area (Å²) in [5, 5.41) is 0.524. The summed E-state index contributed by atoms with van der Waals surface area (Å²) in [6.07, 6.45) is 1.38. The molecule has 0 spiro atoms. The van der Waals surface area contributed by atoms with Crippen molar-refractivity contribution in [3.63, 3.8) is 0 Å². The third kappa shape index (κ3) is 4.74. The lowest BCUT2D eigenvalue weighted by Crippen LogP contribution is -2.18. The molecule has 0 unspecified atom stereocenters. The molecule has 4 aromatic rings. The second-order valence-corrected chi connectivity index (χ2v) is 9.57. The van der Waals surface area contributed by atoms with Crippen molar-refractivity contribution in [2.45, 2.75) is 13.3 Å². The minimum Gasteiger partial charge on any atom is -0.384 e. The van der Waals surface area contributed by atoms with Gasteiger partial charge >= 0.3 is 0 Å². The second-order valence-electron chi connectivity index (χ2n) is 7.72. The molecular weight excluding hydrogens is 462 g/mol. The van der Waals surface area contributed by atoms with Crippen LogP contribution < -0.4 is 16.2 Å². The molecule has 4 rings (SSSR count). The van der Waals surface area contributed by atoms with Crippen LogP contribution in [0.2, 0.25) is 0 Å². The van der Waals surface area contributed by atoms with Gasteiger partial charge in [-0.2, -0.15) is 0 Å². The summed E-state index contributed by atoms with van der Waals surface area (Å²) in [5.41, 5.74) is 14.2. The number of aryl methyl sites for hydroxylation is 1.